The molecule has 0 heterocycles. The van der Waals surface area contributed by atoms with Crippen LogP contribution in [0, 0.1) is 0 Å². The van der Waals surface area contributed by atoms with Crippen LogP contribution < -0.4 is 5.32 Å². The van der Waals surface area contributed by atoms with Crippen molar-refractivity contribution in [2.75, 3.05) is 26.2 Å². The van der Waals surface area contributed by atoms with Crippen LogP contribution in [-0.2, 0) is 10.2 Å². The number of hydrogen-bond acceptors (Lipinski definition) is 2. The highest BCUT2D eigenvalue weighted by molar-refractivity contribution is 5.85. The summed E-state index contributed by atoms with van der Waals surface area (Å²) in [6.07, 6.45) is 4.90. The first kappa shape index (κ1) is 19.0. The number of benzene rings is 1. The molecule has 0 spiro atoms. The van der Waals surface area contributed by atoms with Crippen LogP contribution >= 0.6 is 12.4 Å². The van der Waals surface area contributed by atoms with Gasteiger partial charge in [-0.05, 0) is 31.5 Å². The van der Waals surface area contributed by atoms with E-state index in [0.717, 1.165) is 19.6 Å². The summed E-state index contributed by atoms with van der Waals surface area (Å²) in [7, 11) is 0. The van der Waals surface area contributed by atoms with E-state index < -0.39 is 0 Å². The lowest BCUT2D eigenvalue weighted by Gasteiger charge is -2.30. The molecule has 22 heavy (non-hydrogen) atoms. The second-order valence-corrected chi connectivity index (χ2v) is 6.09. The van der Waals surface area contributed by atoms with Crippen LogP contribution in [0.3, 0.4) is 0 Å². The van der Waals surface area contributed by atoms with Gasteiger partial charge in [0.25, 0.3) is 0 Å². The Kier molecular flexibility index (Phi) is 7.91. The summed E-state index contributed by atoms with van der Waals surface area (Å²) in [4.78, 5) is 14.3. The van der Waals surface area contributed by atoms with Crippen molar-refractivity contribution in [3.63, 3.8) is 0 Å². The number of carbonyl (C=O) groups is 1. The highest BCUT2D eigenvalue weighted by Gasteiger charge is 2.35. The number of hydrogen-bond donors (Lipinski definition) is 1. The van der Waals surface area contributed by atoms with E-state index in [4.69, 9.17) is 0 Å². The number of rotatable bonds is 7. The quantitative estimate of drug-likeness (QED) is 0.834. The van der Waals surface area contributed by atoms with E-state index in [9.17, 15) is 4.79 Å². The molecule has 124 valence electrons. The third kappa shape index (κ3) is 4.72. The van der Waals surface area contributed by atoms with Gasteiger partial charge in [0.05, 0.1) is 6.54 Å². The maximum Gasteiger partial charge on any atom is 0.234 e. The maximum atomic E-state index is 12.1. The lowest BCUT2D eigenvalue weighted by Crippen LogP contribution is -2.43. The fourth-order valence-corrected chi connectivity index (χ4v) is 3.38. The second-order valence-electron chi connectivity index (χ2n) is 6.09. The van der Waals surface area contributed by atoms with Gasteiger partial charge in [-0.3, -0.25) is 9.69 Å². The number of carbonyl (C=O) groups excluding carboxylic acids is 1. The van der Waals surface area contributed by atoms with Crippen LogP contribution in [0.4, 0.5) is 0 Å². The molecule has 0 radical (unpaired) electrons. The smallest absolute Gasteiger partial charge is 0.234 e. The highest BCUT2D eigenvalue weighted by Crippen LogP contribution is 2.40. The zero-order chi connectivity index (χ0) is 15.1. The average Bonchev–Trinajstić information content (AvgIpc) is 3.01. The van der Waals surface area contributed by atoms with E-state index >= 15 is 0 Å². The van der Waals surface area contributed by atoms with Crippen molar-refractivity contribution >= 4 is 18.3 Å². The van der Waals surface area contributed by atoms with Crippen molar-refractivity contribution in [3.8, 4) is 0 Å². The number of amides is 1. The summed E-state index contributed by atoms with van der Waals surface area (Å²) in [5.74, 6) is 0.154. The van der Waals surface area contributed by atoms with Gasteiger partial charge in [0.15, 0.2) is 0 Å². The highest BCUT2D eigenvalue weighted by atomic mass is 35.5. The molecule has 0 bridgehead atoms. The van der Waals surface area contributed by atoms with Crippen molar-refractivity contribution < 1.29 is 4.79 Å². The van der Waals surface area contributed by atoms with Gasteiger partial charge in [0.1, 0.15) is 0 Å². The normalized spacial score (nSPS) is 16.3. The fourth-order valence-electron chi connectivity index (χ4n) is 3.38. The molecule has 1 N–H and O–H groups in total. The van der Waals surface area contributed by atoms with E-state index in [2.05, 4.69) is 54.4 Å². The van der Waals surface area contributed by atoms with E-state index in [0.29, 0.717) is 6.54 Å². The maximum absolute atomic E-state index is 12.1. The minimum absolute atomic E-state index is 0. The lowest BCUT2D eigenvalue weighted by atomic mass is 9.79. The molecule has 0 unspecified atom stereocenters. The lowest BCUT2D eigenvalue weighted by molar-refractivity contribution is -0.122. The van der Waals surface area contributed by atoms with E-state index in [1.807, 2.05) is 0 Å². The molecule has 1 aliphatic carbocycles. The molecule has 0 aliphatic heterocycles. The molecule has 1 aliphatic rings. The number of halogens is 1. The van der Waals surface area contributed by atoms with E-state index in [-0.39, 0.29) is 23.7 Å². The van der Waals surface area contributed by atoms with Crippen LogP contribution in [0.15, 0.2) is 30.3 Å². The first-order valence-corrected chi connectivity index (χ1v) is 8.25. The minimum Gasteiger partial charge on any atom is -0.354 e. The summed E-state index contributed by atoms with van der Waals surface area (Å²) < 4.78 is 0. The third-order valence-electron chi connectivity index (χ3n) is 4.83. The van der Waals surface area contributed by atoms with Gasteiger partial charge in [-0.15, -0.1) is 12.4 Å². The van der Waals surface area contributed by atoms with Gasteiger partial charge in [0.2, 0.25) is 5.91 Å². The summed E-state index contributed by atoms with van der Waals surface area (Å²) in [5, 5.41) is 3.18. The first-order chi connectivity index (χ1) is 10.2. The molecule has 0 saturated heterocycles. The standard InChI is InChI=1S/C18H28N2O.ClH/c1-3-20(4-2)14-17(21)19-15-18(12-8-9-13-18)16-10-6-5-7-11-16;/h5-7,10-11H,3-4,8-9,12-15H2,1-2H3,(H,19,21);1H. The Labute approximate surface area is 140 Å². The Balaban J connectivity index is 0.00000242. The first-order valence-electron chi connectivity index (χ1n) is 8.25. The molecule has 1 aromatic carbocycles. The predicted octanol–water partition coefficient (Wildman–Crippen LogP) is 3.38. The Hall–Kier alpha value is -1.06. The molecule has 3 nitrogen and oxygen atoms in total. The van der Waals surface area contributed by atoms with Crippen molar-refractivity contribution in [3.05, 3.63) is 35.9 Å². The Bertz CT molecular complexity index is 440. The molecular weight excluding hydrogens is 296 g/mol. The number of likely N-dealkylation sites (N-methyl/N-ethyl adjacent to an activating group) is 1. The monoisotopic (exact) mass is 324 g/mol. The third-order valence-corrected chi connectivity index (χ3v) is 4.83. The van der Waals surface area contributed by atoms with Crippen molar-refractivity contribution in [1.29, 1.82) is 0 Å². The molecule has 0 aromatic heterocycles. The minimum atomic E-state index is 0. The molecule has 1 amide bonds. The molecule has 4 heteroatoms. The Morgan fingerprint density at radius 1 is 1.14 bits per heavy atom. The molecule has 0 atom stereocenters. The van der Waals surface area contributed by atoms with E-state index in [1.165, 1.54) is 31.2 Å². The van der Waals surface area contributed by atoms with Gasteiger partial charge in [-0.25, -0.2) is 0 Å². The summed E-state index contributed by atoms with van der Waals surface area (Å²) in [6, 6.07) is 10.7. The fraction of sp³-hybridized carbons (Fsp3) is 0.611. The second kappa shape index (κ2) is 9.16. The SMILES string of the molecule is CCN(CC)CC(=O)NCC1(c2ccccc2)CCCC1.Cl. The molecule has 2 rings (SSSR count). The zero-order valence-corrected chi connectivity index (χ0v) is 14.6. The van der Waals surface area contributed by atoms with Gasteiger partial charge in [-0.1, -0.05) is 57.0 Å². The summed E-state index contributed by atoms with van der Waals surface area (Å²) >= 11 is 0. The van der Waals surface area contributed by atoms with Crippen LogP contribution in [0.2, 0.25) is 0 Å². The van der Waals surface area contributed by atoms with Crippen LogP contribution in [0.1, 0.15) is 45.1 Å². The molecular formula is C18H29ClN2O. The topological polar surface area (TPSA) is 32.3 Å². The van der Waals surface area contributed by atoms with Gasteiger partial charge in [-0.2, -0.15) is 0 Å². The molecule has 1 aromatic rings. The Morgan fingerprint density at radius 2 is 1.73 bits per heavy atom. The van der Waals surface area contributed by atoms with E-state index in [1.54, 1.807) is 0 Å². The van der Waals surface area contributed by atoms with Gasteiger partial charge >= 0.3 is 0 Å². The molecule has 1 fully saturated rings. The zero-order valence-electron chi connectivity index (χ0n) is 13.8. The van der Waals surface area contributed by atoms with Crippen molar-refractivity contribution in [2.45, 2.75) is 44.9 Å². The number of nitrogens with zero attached hydrogens (tertiary/aromatic N) is 1. The number of nitrogens with one attached hydrogen (secondary N) is 1. The van der Waals surface area contributed by atoms with Crippen molar-refractivity contribution in [2.24, 2.45) is 0 Å². The molecule has 1 saturated carbocycles. The van der Waals surface area contributed by atoms with Gasteiger partial charge in [0, 0.05) is 12.0 Å². The van der Waals surface area contributed by atoms with Crippen molar-refractivity contribution in [1.82, 2.24) is 10.2 Å². The average molecular weight is 325 g/mol. The van der Waals surface area contributed by atoms with Crippen LogP contribution in [0.5, 0.6) is 0 Å². The van der Waals surface area contributed by atoms with Crippen LogP contribution in [0.25, 0.3) is 0 Å². The summed E-state index contributed by atoms with van der Waals surface area (Å²) in [6.45, 7) is 7.33. The Morgan fingerprint density at radius 3 is 2.27 bits per heavy atom. The summed E-state index contributed by atoms with van der Waals surface area (Å²) in [5.41, 5.74) is 1.53. The van der Waals surface area contributed by atoms with Crippen LogP contribution in [-0.4, -0.2) is 37.0 Å². The van der Waals surface area contributed by atoms with Gasteiger partial charge < -0.3 is 5.32 Å². The largest absolute Gasteiger partial charge is 0.354 e. The predicted molar refractivity (Wildman–Crippen MR) is 94.6 cm³/mol.